The van der Waals surface area contributed by atoms with Gasteiger partial charge in [0.15, 0.2) is 0 Å². The van der Waals surface area contributed by atoms with Gasteiger partial charge < -0.3 is 5.11 Å². The average molecular weight is 191 g/mol. The van der Waals surface area contributed by atoms with E-state index >= 15 is 0 Å². The second-order valence-corrected chi connectivity index (χ2v) is 3.74. The lowest BCUT2D eigenvalue weighted by Crippen LogP contribution is -1.88. The van der Waals surface area contributed by atoms with Crippen molar-refractivity contribution in [1.29, 1.82) is 0 Å². The van der Waals surface area contributed by atoms with Gasteiger partial charge in [-0.1, -0.05) is 44.4 Å². The fourth-order valence-electron chi connectivity index (χ4n) is 1.59. The highest BCUT2D eigenvalue weighted by Gasteiger charge is 2.02. The maximum atomic E-state index is 9.69. The van der Waals surface area contributed by atoms with Crippen molar-refractivity contribution in [2.75, 3.05) is 0 Å². The van der Waals surface area contributed by atoms with Crippen LogP contribution >= 0.6 is 0 Å². The molecule has 0 bridgehead atoms. The fourth-order valence-corrected chi connectivity index (χ4v) is 1.59. The van der Waals surface area contributed by atoms with E-state index in [0.29, 0.717) is 5.75 Å². The molecular formula is C13H19O. The van der Waals surface area contributed by atoms with E-state index in [9.17, 15) is 5.11 Å². The summed E-state index contributed by atoms with van der Waals surface area (Å²) < 4.78 is 0. The van der Waals surface area contributed by atoms with Gasteiger partial charge in [0, 0.05) is 0 Å². The van der Waals surface area contributed by atoms with Gasteiger partial charge in [-0.05, 0) is 30.9 Å². The Morgan fingerprint density at radius 3 is 2.71 bits per heavy atom. The molecule has 1 heteroatoms. The molecule has 1 aromatic carbocycles. The standard InChI is InChI=1S/C13H19O/c1-3-4-5-6-9-12-10-7-8-11(2)13(12)14/h7-8,10,14H,2-6,9H2,1H3. The van der Waals surface area contributed by atoms with E-state index in [1.165, 1.54) is 19.3 Å². The number of phenols is 1. The van der Waals surface area contributed by atoms with Crippen LogP contribution in [-0.2, 0) is 6.42 Å². The molecule has 1 rings (SSSR count). The van der Waals surface area contributed by atoms with Crippen molar-refractivity contribution < 1.29 is 5.11 Å². The van der Waals surface area contributed by atoms with Gasteiger partial charge in [-0.2, -0.15) is 0 Å². The molecule has 0 amide bonds. The van der Waals surface area contributed by atoms with E-state index in [1.54, 1.807) is 0 Å². The summed E-state index contributed by atoms with van der Waals surface area (Å²) >= 11 is 0. The largest absolute Gasteiger partial charge is 0.507 e. The van der Waals surface area contributed by atoms with E-state index in [4.69, 9.17) is 0 Å². The zero-order valence-electron chi connectivity index (χ0n) is 8.92. The highest BCUT2D eigenvalue weighted by molar-refractivity contribution is 5.41. The maximum Gasteiger partial charge on any atom is 0.121 e. The molecule has 77 valence electrons. The molecule has 0 aliphatic heterocycles. The van der Waals surface area contributed by atoms with Gasteiger partial charge in [0.25, 0.3) is 0 Å². The van der Waals surface area contributed by atoms with Crippen LogP contribution in [0.2, 0.25) is 0 Å². The molecule has 0 spiro atoms. The molecule has 0 heterocycles. The number of phenolic OH excluding ortho intramolecular Hbond substituents is 1. The van der Waals surface area contributed by atoms with Crippen LogP contribution in [0.25, 0.3) is 0 Å². The van der Waals surface area contributed by atoms with E-state index in [-0.39, 0.29) is 0 Å². The number of hydrogen-bond acceptors (Lipinski definition) is 1. The van der Waals surface area contributed by atoms with Crippen LogP contribution in [0.4, 0.5) is 0 Å². The molecule has 1 aromatic rings. The first kappa shape index (κ1) is 11.1. The molecule has 1 nitrogen and oxygen atoms in total. The van der Waals surface area contributed by atoms with Crippen LogP contribution < -0.4 is 0 Å². The molecular weight excluding hydrogens is 172 g/mol. The van der Waals surface area contributed by atoms with Gasteiger partial charge in [-0.15, -0.1) is 0 Å². The van der Waals surface area contributed by atoms with Crippen LogP contribution in [0.3, 0.4) is 0 Å². The highest BCUT2D eigenvalue weighted by atomic mass is 16.3. The second kappa shape index (κ2) is 5.69. The summed E-state index contributed by atoms with van der Waals surface area (Å²) in [6.45, 7) is 5.98. The van der Waals surface area contributed by atoms with Crippen molar-refractivity contribution in [2.24, 2.45) is 0 Å². The third kappa shape index (κ3) is 3.06. The molecule has 14 heavy (non-hydrogen) atoms. The Bertz CT molecular complexity index is 279. The normalized spacial score (nSPS) is 10.4. The molecule has 0 aliphatic carbocycles. The number of rotatable bonds is 5. The number of hydrogen-bond donors (Lipinski definition) is 1. The smallest absolute Gasteiger partial charge is 0.121 e. The summed E-state index contributed by atoms with van der Waals surface area (Å²) in [5.74, 6) is 0.379. The van der Waals surface area contributed by atoms with E-state index < -0.39 is 0 Å². The average Bonchev–Trinajstić information content (AvgIpc) is 2.19. The fraction of sp³-hybridized carbons (Fsp3) is 0.462. The maximum absolute atomic E-state index is 9.69. The molecule has 0 saturated carbocycles. The Balaban J connectivity index is 2.46. The Hall–Kier alpha value is -0.980. The van der Waals surface area contributed by atoms with Crippen molar-refractivity contribution in [1.82, 2.24) is 0 Å². The zero-order chi connectivity index (χ0) is 10.4. The minimum absolute atomic E-state index is 0.379. The lowest BCUT2D eigenvalue weighted by Gasteiger charge is -2.06. The molecule has 0 fully saturated rings. The number of unbranched alkanes of at least 4 members (excludes halogenated alkanes) is 3. The number of para-hydroxylation sites is 1. The molecule has 1 N–H and O–H groups in total. The second-order valence-electron chi connectivity index (χ2n) is 3.74. The summed E-state index contributed by atoms with van der Waals surface area (Å²) in [6, 6.07) is 5.78. The van der Waals surface area contributed by atoms with Crippen LogP contribution in [0, 0.1) is 6.92 Å². The first-order chi connectivity index (χ1) is 6.75. The third-order valence-electron chi connectivity index (χ3n) is 2.50. The Labute approximate surface area is 86.8 Å². The quantitative estimate of drug-likeness (QED) is 0.704. The number of aromatic hydroxyl groups is 1. The predicted molar refractivity (Wildman–Crippen MR) is 60.4 cm³/mol. The molecule has 1 radical (unpaired) electrons. The van der Waals surface area contributed by atoms with Crippen molar-refractivity contribution in [3.8, 4) is 5.75 Å². The lowest BCUT2D eigenvalue weighted by molar-refractivity contribution is 0.464. The van der Waals surface area contributed by atoms with Crippen molar-refractivity contribution in [3.63, 3.8) is 0 Å². The summed E-state index contributed by atoms with van der Waals surface area (Å²) in [4.78, 5) is 0. The van der Waals surface area contributed by atoms with Crippen LogP contribution in [0.1, 0.15) is 43.7 Å². The minimum Gasteiger partial charge on any atom is -0.507 e. The minimum atomic E-state index is 0.379. The monoisotopic (exact) mass is 191 g/mol. The molecule has 0 aromatic heterocycles. The Kier molecular flexibility index (Phi) is 4.51. The molecule has 0 saturated heterocycles. The Morgan fingerprint density at radius 2 is 2.00 bits per heavy atom. The highest BCUT2D eigenvalue weighted by Crippen LogP contribution is 2.23. The van der Waals surface area contributed by atoms with Gasteiger partial charge in [0.1, 0.15) is 5.75 Å². The van der Waals surface area contributed by atoms with Gasteiger partial charge in [-0.25, -0.2) is 0 Å². The summed E-state index contributed by atoms with van der Waals surface area (Å²) in [6.07, 6.45) is 5.91. The number of benzene rings is 1. The first-order valence-electron chi connectivity index (χ1n) is 5.38. The van der Waals surface area contributed by atoms with E-state index in [1.807, 2.05) is 18.2 Å². The number of aryl methyl sites for hydroxylation is 1. The zero-order valence-corrected chi connectivity index (χ0v) is 8.92. The van der Waals surface area contributed by atoms with Crippen molar-refractivity contribution in [3.05, 3.63) is 36.2 Å². The third-order valence-corrected chi connectivity index (χ3v) is 2.50. The molecule has 0 aliphatic rings. The van der Waals surface area contributed by atoms with Crippen LogP contribution in [-0.4, -0.2) is 5.11 Å². The van der Waals surface area contributed by atoms with Gasteiger partial charge in [0.2, 0.25) is 0 Å². The lowest BCUT2D eigenvalue weighted by atomic mass is 10.0. The van der Waals surface area contributed by atoms with Crippen LogP contribution in [0.15, 0.2) is 18.2 Å². The first-order valence-corrected chi connectivity index (χ1v) is 5.38. The molecule has 0 unspecified atom stereocenters. The SMILES string of the molecule is [CH2]c1cccc(CCCCCC)c1O. The topological polar surface area (TPSA) is 20.2 Å². The van der Waals surface area contributed by atoms with Crippen molar-refractivity contribution >= 4 is 0 Å². The summed E-state index contributed by atoms with van der Waals surface area (Å²) in [7, 11) is 0. The Morgan fingerprint density at radius 1 is 1.21 bits per heavy atom. The predicted octanol–water partition coefficient (Wildman–Crippen LogP) is 3.70. The van der Waals surface area contributed by atoms with Crippen LogP contribution in [0.5, 0.6) is 5.75 Å². The molecule has 0 atom stereocenters. The van der Waals surface area contributed by atoms with E-state index in [0.717, 1.165) is 24.0 Å². The van der Waals surface area contributed by atoms with E-state index in [2.05, 4.69) is 13.8 Å². The summed E-state index contributed by atoms with van der Waals surface area (Å²) in [5, 5.41) is 9.69. The van der Waals surface area contributed by atoms with Gasteiger partial charge in [-0.3, -0.25) is 0 Å². The van der Waals surface area contributed by atoms with Crippen molar-refractivity contribution in [2.45, 2.75) is 39.0 Å². The van der Waals surface area contributed by atoms with Gasteiger partial charge >= 0.3 is 0 Å². The summed E-state index contributed by atoms with van der Waals surface area (Å²) in [5.41, 5.74) is 1.77. The van der Waals surface area contributed by atoms with Gasteiger partial charge in [0.05, 0.1) is 0 Å².